The molecule has 1 aromatic heterocycles. The molecule has 1 aromatic carbocycles. The van der Waals surface area contributed by atoms with E-state index >= 15 is 0 Å². The van der Waals surface area contributed by atoms with E-state index < -0.39 is 11.9 Å². The maximum absolute atomic E-state index is 12.4. The maximum Gasteiger partial charge on any atom is 0.356 e. The van der Waals surface area contributed by atoms with E-state index in [0.29, 0.717) is 22.2 Å². The van der Waals surface area contributed by atoms with Crippen LogP contribution in [0.5, 0.6) is 11.5 Å². The Morgan fingerprint density at radius 1 is 1.12 bits per heavy atom. The molecule has 1 heterocycles. The number of benzene rings is 1. The molecule has 0 aliphatic rings. The van der Waals surface area contributed by atoms with Crippen LogP contribution in [0.2, 0.25) is 5.02 Å². The average Bonchev–Trinajstić information content (AvgIpc) is 2.63. The van der Waals surface area contributed by atoms with Crippen LogP contribution in [0.4, 0.5) is 5.69 Å². The van der Waals surface area contributed by atoms with E-state index in [-0.39, 0.29) is 18.0 Å². The normalized spacial score (nSPS) is 10.1. The fourth-order valence-electron chi connectivity index (χ4n) is 2.02. The fraction of sp³-hybridized carbons (Fsp3) is 0.235. The molecule has 0 aliphatic heterocycles. The highest BCUT2D eigenvalue weighted by atomic mass is 35.5. The third kappa shape index (κ3) is 4.39. The molecule has 0 saturated heterocycles. The summed E-state index contributed by atoms with van der Waals surface area (Å²) in [7, 11) is 2.91. The van der Waals surface area contributed by atoms with Gasteiger partial charge in [0, 0.05) is 12.1 Å². The van der Waals surface area contributed by atoms with Crippen molar-refractivity contribution in [2.24, 2.45) is 0 Å². The van der Waals surface area contributed by atoms with Crippen LogP contribution < -0.4 is 14.8 Å². The third-order valence-electron chi connectivity index (χ3n) is 3.19. The van der Waals surface area contributed by atoms with Crippen molar-refractivity contribution in [3.8, 4) is 11.5 Å². The Kier molecular flexibility index (Phi) is 6.19. The number of pyridine rings is 1. The van der Waals surface area contributed by atoms with Crippen LogP contribution >= 0.6 is 11.6 Å². The van der Waals surface area contributed by atoms with Gasteiger partial charge in [0.05, 0.1) is 31.5 Å². The summed E-state index contributed by atoms with van der Waals surface area (Å²) in [5.41, 5.74) is 0.466. The summed E-state index contributed by atoms with van der Waals surface area (Å²) >= 11 is 6.04. The molecule has 0 saturated carbocycles. The second-order valence-electron chi connectivity index (χ2n) is 4.77. The van der Waals surface area contributed by atoms with E-state index in [0.717, 1.165) is 0 Å². The number of hydrogen-bond donors (Lipinski definition) is 1. The summed E-state index contributed by atoms with van der Waals surface area (Å²) < 4.78 is 15.2. The Balaban J connectivity index is 2.28. The van der Waals surface area contributed by atoms with Gasteiger partial charge in [0.25, 0.3) is 5.91 Å². The Morgan fingerprint density at radius 3 is 2.44 bits per heavy atom. The minimum atomic E-state index is -0.595. The number of anilines is 1. The summed E-state index contributed by atoms with van der Waals surface area (Å²) in [6, 6.07) is 7.57. The van der Waals surface area contributed by atoms with Crippen molar-refractivity contribution in [2.75, 3.05) is 26.1 Å². The van der Waals surface area contributed by atoms with Gasteiger partial charge in [0.1, 0.15) is 22.9 Å². The number of rotatable bonds is 6. The van der Waals surface area contributed by atoms with Crippen LogP contribution in [-0.4, -0.2) is 37.7 Å². The van der Waals surface area contributed by atoms with E-state index in [1.54, 1.807) is 13.0 Å². The standard InChI is InChI=1S/C17H17ClN2O5/c1-4-25-17(22)12-7-5-6-11(19-12)16(21)20-13-9-14(23-2)10(18)8-15(13)24-3/h5-9H,4H2,1-3H3,(H,20,21). The van der Waals surface area contributed by atoms with Gasteiger partial charge >= 0.3 is 5.97 Å². The number of methoxy groups -OCH3 is 2. The van der Waals surface area contributed by atoms with Crippen LogP contribution in [0, 0.1) is 0 Å². The lowest BCUT2D eigenvalue weighted by Gasteiger charge is -2.13. The zero-order valence-electron chi connectivity index (χ0n) is 14.0. The number of esters is 1. The van der Waals surface area contributed by atoms with Gasteiger partial charge in [-0.2, -0.15) is 0 Å². The van der Waals surface area contributed by atoms with Gasteiger partial charge in [-0.15, -0.1) is 0 Å². The lowest BCUT2D eigenvalue weighted by atomic mass is 10.2. The second kappa shape index (κ2) is 8.34. The molecule has 8 heteroatoms. The van der Waals surface area contributed by atoms with Crippen molar-refractivity contribution in [1.29, 1.82) is 0 Å². The first kappa shape index (κ1) is 18.5. The Hall–Kier alpha value is -2.80. The number of halogens is 1. The minimum absolute atomic E-state index is 0.0511. The monoisotopic (exact) mass is 364 g/mol. The molecule has 2 aromatic rings. The molecule has 132 valence electrons. The first-order valence-electron chi connectivity index (χ1n) is 7.37. The van der Waals surface area contributed by atoms with Crippen LogP contribution in [0.3, 0.4) is 0 Å². The van der Waals surface area contributed by atoms with E-state index in [4.69, 9.17) is 25.8 Å². The second-order valence-corrected chi connectivity index (χ2v) is 5.18. The van der Waals surface area contributed by atoms with Gasteiger partial charge in [-0.3, -0.25) is 4.79 Å². The van der Waals surface area contributed by atoms with Crippen molar-refractivity contribution in [2.45, 2.75) is 6.92 Å². The topological polar surface area (TPSA) is 86.8 Å². The highest BCUT2D eigenvalue weighted by Gasteiger charge is 2.16. The summed E-state index contributed by atoms with van der Waals surface area (Å²) in [6.45, 7) is 1.91. The molecular weight excluding hydrogens is 348 g/mol. The maximum atomic E-state index is 12.4. The molecule has 0 unspecified atom stereocenters. The predicted molar refractivity (Wildman–Crippen MR) is 92.7 cm³/mol. The van der Waals surface area contributed by atoms with Gasteiger partial charge in [-0.05, 0) is 19.1 Å². The zero-order valence-corrected chi connectivity index (χ0v) is 14.7. The zero-order chi connectivity index (χ0) is 18.4. The van der Waals surface area contributed by atoms with Crippen molar-refractivity contribution < 1.29 is 23.8 Å². The summed E-state index contributed by atoms with van der Waals surface area (Å²) in [5, 5.41) is 3.01. The highest BCUT2D eigenvalue weighted by Crippen LogP contribution is 2.36. The lowest BCUT2D eigenvalue weighted by Crippen LogP contribution is -2.17. The molecule has 0 spiro atoms. The third-order valence-corrected chi connectivity index (χ3v) is 3.48. The van der Waals surface area contributed by atoms with Crippen molar-refractivity contribution in [3.05, 3.63) is 46.7 Å². The SMILES string of the molecule is CCOC(=O)c1cccc(C(=O)Nc2cc(OC)c(Cl)cc2OC)n1. The average molecular weight is 365 g/mol. The highest BCUT2D eigenvalue weighted by molar-refractivity contribution is 6.32. The molecule has 0 aliphatic carbocycles. The van der Waals surface area contributed by atoms with Gasteiger partial charge < -0.3 is 19.5 Å². The van der Waals surface area contributed by atoms with Crippen LogP contribution in [0.25, 0.3) is 0 Å². The summed E-state index contributed by atoms with van der Waals surface area (Å²) in [4.78, 5) is 28.2. The number of ether oxygens (including phenoxy) is 3. The number of aromatic nitrogens is 1. The van der Waals surface area contributed by atoms with Crippen LogP contribution in [0.15, 0.2) is 30.3 Å². The quantitative estimate of drug-likeness (QED) is 0.792. The minimum Gasteiger partial charge on any atom is -0.495 e. The summed E-state index contributed by atoms with van der Waals surface area (Å²) in [5.74, 6) is -0.372. The number of carbonyl (C=O) groups excluding carboxylic acids is 2. The van der Waals surface area contributed by atoms with E-state index in [1.807, 2.05) is 0 Å². The van der Waals surface area contributed by atoms with Gasteiger partial charge in [0.2, 0.25) is 0 Å². The van der Waals surface area contributed by atoms with Crippen molar-refractivity contribution in [1.82, 2.24) is 4.98 Å². The van der Waals surface area contributed by atoms with Crippen LogP contribution in [-0.2, 0) is 4.74 Å². The first-order valence-corrected chi connectivity index (χ1v) is 7.75. The van der Waals surface area contributed by atoms with Gasteiger partial charge in [-0.25, -0.2) is 9.78 Å². The largest absolute Gasteiger partial charge is 0.495 e. The fourth-order valence-corrected chi connectivity index (χ4v) is 2.26. The predicted octanol–water partition coefficient (Wildman–Crippen LogP) is 3.18. The molecule has 0 bridgehead atoms. The van der Waals surface area contributed by atoms with Gasteiger partial charge in [-0.1, -0.05) is 17.7 Å². The lowest BCUT2D eigenvalue weighted by molar-refractivity contribution is 0.0519. The van der Waals surface area contributed by atoms with E-state index in [1.165, 1.54) is 38.5 Å². The number of amides is 1. The first-order chi connectivity index (χ1) is 12.0. The van der Waals surface area contributed by atoms with Crippen molar-refractivity contribution in [3.63, 3.8) is 0 Å². The van der Waals surface area contributed by atoms with Crippen molar-refractivity contribution >= 4 is 29.2 Å². The molecule has 7 nitrogen and oxygen atoms in total. The molecule has 0 radical (unpaired) electrons. The molecule has 2 rings (SSSR count). The number of nitrogens with zero attached hydrogens (tertiary/aromatic N) is 1. The molecular formula is C17H17ClN2O5. The Bertz CT molecular complexity index is 795. The Labute approximate surface area is 149 Å². The Morgan fingerprint density at radius 2 is 1.80 bits per heavy atom. The number of nitrogens with one attached hydrogen (secondary N) is 1. The molecule has 0 fully saturated rings. The molecule has 1 N–H and O–H groups in total. The molecule has 25 heavy (non-hydrogen) atoms. The molecule has 1 amide bonds. The summed E-state index contributed by atoms with van der Waals surface area (Å²) in [6.07, 6.45) is 0. The van der Waals surface area contributed by atoms with Crippen LogP contribution in [0.1, 0.15) is 27.9 Å². The smallest absolute Gasteiger partial charge is 0.356 e. The number of carbonyl (C=O) groups is 2. The number of hydrogen-bond acceptors (Lipinski definition) is 6. The molecule has 0 atom stereocenters. The van der Waals surface area contributed by atoms with Gasteiger partial charge in [0.15, 0.2) is 0 Å². The van der Waals surface area contributed by atoms with E-state index in [9.17, 15) is 9.59 Å². The van der Waals surface area contributed by atoms with E-state index in [2.05, 4.69) is 10.3 Å².